The van der Waals surface area contributed by atoms with Gasteiger partial charge in [-0.2, -0.15) is 0 Å². The molecule has 1 aliphatic rings. The van der Waals surface area contributed by atoms with Gasteiger partial charge in [0.2, 0.25) is 0 Å². The normalized spacial score (nSPS) is 15.6. The van der Waals surface area contributed by atoms with Crippen molar-refractivity contribution < 1.29 is 19.1 Å². The van der Waals surface area contributed by atoms with Gasteiger partial charge in [-0.05, 0) is 6.07 Å². The lowest BCUT2D eigenvalue weighted by Crippen LogP contribution is -2.42. The zero-order valence-corrected chi connectivity index (χ0v) is 10.2. The average Bonchev–Trinajstić information content (AvgIpc) is 2.37. The zero-order valence-electron chi connectivity index (χ0n) is 10.2. The molecule has 0 aromatic heterocycles. The van der Waals surface area contributed by atoms with Gasteiger partial charge in [-0.3, -0.25) is 9.59 Å². The summed E-state index contributed by atoms with van der Waals surface area (Å²) in [5.41, 5.74) is 1.61. The summed E-state index contributed by atoms with van der Waals surface area (Å²) in [5.74, 6) is -0.408. The van der Waals surface area contributed by atoms with Gasteiger partial charge in [0, 0.05) is 19.0 Å². The Kier molecular flexibility index (Phi) is 3.94. The Balaban J connectivity index is 2.20. The standard InChI is InChI=1S/C13H15NO4/c1-10(15)18-8-11-4-2-3-5-12(11)14-6-7-17-9-13(14)16/h2-5H,6-9H2,1H3. The molecule has 0 radical (unpaired) electrons. The molecule has 1 heterocycles. The van der Waals surface area contributed by atoms with E-state index in [1.807, 2.05) is 24.3 Å². The average molecular weight is 249 g/mol. The van der Waals surface area contributed by atoms with Crippen molar-refractivity contribution >= 4 is 17.6 Å². The number of morpholine rings is 1. The van der Waals surface area contributed by atoms with E-state index in [2.05, 4.69) is 0 Å². The molecular formula is C13H15NO4. The quantitative estimate of drug-likeness (QED) is 0.753. The summed E-state index contributed by atoms with van der Waals surface area (Å²) < 4.78 is 10.1. The van der Waals surface area contributed by atoms with Crippen LogP contribution in [0.15, 0.2) is 24.3 Å². The third kappa shape index (κ3) is 2.87. The minimum Gasteiger partial charge on any atom is -0.461 e. The maximum Gasteiger partial charge on any atom is 0.302 e. The fraction of sp³-hybridized carbons (Fsp3) is 0.385. The Hall–Kier alpha value is -1.88. The molecule has 1 saturated heterocycles. The molecule has 0 atom stereocenters. The van der Waals surface area contributed by atoms with E-state index in [-0.39, 0.29) is 25.1 Å². The van der Waals surface area contributed by atoms with Gasteiger partial charge in [-0.15, -0.1) is 0 Å². The molecule has 0 N–H and O–H groups in total. The monoisotopic (exact) mass is 249 g/mol. The van der Waals surface area contributed by atoms with E-state index in [1.54, 1.807) is 4.90 Å². The lowest BCUT2D eigenvalue weighted by Gasteiger charge is -2.28. The molecule has 0 spiro atoms. The number of esters is 1. The fourth-order valence-electron chi connectivity index (χ4n) is 1.85. The lowest BCUT2D eigenvalue weighted by molar-refractivity contribution is -0.142. The van der Waals surface area contributed by atoms with Crippen molar-refractivity contribution in [1.82, 2.24) is 0 Å². The predicted octanol–water partition coefficient (Wildman–Crippen LogP) is 1.11. The number of amides is 1. The number of hydrogen-bond acceptors (Lipinski definition) is 4. The van der Waals surface area contributed by atoms with E-state index in [1.165, 1.54) is 6.92 Å². The van der Waals surface area contributed by atoms with E-state index in [4.69, 9.17) is 9.47 Å². The van der Waals surface area contributed by atoms with Crippen LogP contribution in [0.4, 0.5) is 5.69 Å². The van der Waals surface area contributed by atoms with Gasteiger partial charge in [-0.1, -0.05) is 18.2 Å². The number of anilines is 1. The van der Waals surface area contributed by atoms with Crippen LogP contribution in [-0.4, -0.2) is 31.6 Å². The van der Waals surface area contributed by atoms with Crippen molar-refractivity contribution in [2.75, 3.05) is 24.7 Å². The van der Waals surface area contributed by atoms with Crippen LogP contribution >= 0.6 is 0 Å². The Morgan fingerprint density at radius 3 is 2.94 bits per heavy atom. The molecule has 18 heavy (non-hydrogen) atoms. The molecule has 1 aromatic carbocycles. The van der Waals surface area contributed by atoms with Gasteiger partial charge in [0.1, 0.15) is 13.2 Å². The minimum absolute atomic E-state index is 0.0727. The highest BCUT2D eigenvalue weighted by Crippen LogP contribution is 2.22. The van der Waals surface area contributed by atoms with Crippen LogP contribution in [0.3, 0.4) is 0 Å². The molecule has 1 aromatic rings. The molecular weight excluding hydrogens is 234 g/mol. The molecule has 0 saturated carbocycles. The number of carbonyl (C=O) groups excluding carboxylic acids is 2. The minimum atomic E-state index is -0.335. The van der Waals surface area contributed by atoms with E-state index in [0.29, 0.717) is 13.2 Å². The summed E-state index contributed by atoms with van der Waals surface area (Å²) in [6.07, 6.45) is 0. The Morgan fingerprint density at radius 2 is 2.22 bits per heavy atom. The number of hydrogen-bond donors (Lipinski definition) is 0. The van der Waals surface area contributed by atoms with Crippen LogP contribution in [0.2, 0.25) is 0 Å². The van der Waals surface area contributed by atoms with E-state index in [0.717, 1.165) is 11.3 Å². The zero-order chi connectivity index (χ0) is 13.0. The number of rotatable bonds is 3. The van der Waals surface area contributed by atoms with Gasteiger partial charge >= 0.3 is 5.97 Å². The van der Waals surface area contributed by atoms with E-state index < -0.39 is 0 Å². The van der Waals surface area contributed by atoms with Crippen molar-refractivity contribution in [3.63, 3.8) is 0 Å². The fourth-order valence-corrected chi connectivity index (χ4v) is 1.85. The van der Waals surface area contributed by atoms with Gasteiger partial charge in [0.25, 0.3) is 5.91 Å². The molecule has 0 unspecified atom stereocenters. The highest BCUT2D eigenvalue weighted by Gasteiger charge is 2.22. The van der Waals surface area contributed by atoms with Crippen molar-refractivity contribution in [2.24, 2.45) is 0 Å². The number of para-hydroxylation sites is 1. The SMILES string of the molecule is CC(=O)OCc1ccccc1N1CCOCC1=O. The lowest BCUT2D eigenvalue weighted by atomic mass is 10.1. The summed E-state index contributed by atoms with van der Waals surface area (Å²) in [4.78, 5) is 24.3. The first-order valence-corrected chi connectivity index (χ1v) is 5.78. The molecule has 5 heteroatoms. The maximum atomic E-state index is 11.8. The van der Waals surface area contributed by atoms with Crippen molar-refractivity contribution in [2.45, 2.75) is 13.5 Å². The Morgan fingerprint density at radius 1 is 1.44 bits per heavy atom. The molecule has 1 aliphatic heterocycles. The van der Waals surface area contributed by atoms with Crippen molar-refractivity contribution in [3.05, 3.63) is 29.8 Å². The highest BCUT2D eigenvalue weighted by molar-refractivity contribution is 5.95. The van der Waals surface area contributed by atoms with E-state index in [9.17, 15) is 9.59 Å². The maximum absolute atomic E-state index is 11.8. The third-order valence-electron chi connectivity index (χ3n) is 2.70. The highest BCUT2D eigenvalue weighted by atomic mass is 16.5. The summed E-state index contributed by atoms with van der Waals surface area (Å²) in [6, 6.07) is 7.41. The van der Waals surface area contributed by atoms with Crippen LogP contribution in [0.25, 0.3) is 0 Å². The predicted molar refractivity (Wildman–Crippen MR) is 65.1 cm³/mol. The number of ether oxygens (including phenoxy) is 2. The van der Waals surface area contributed by atoms with Gasteiger partial charge < -0.3 is 14.4 Å². The molecule has 1 fully saturated rings. The first kappa shape index (κ1) is 12.6. The van der Waals surface area contributed by atoms with Crippen LogP contribution < -0.4 is 4.90 Å². The van der Waals surface area contributed by atoms with Crippen LogP contribution in [-0.2, 0) is 25.7 Å². The summed E-state index contributed by atoms with van der Waals surface area (Å²) in [7, 11) is 0. The molecule has 2 rings (SSSR count). The van der Waals surface area contributed by atoms with Gasteiger partial charge in [-0.25, -0.2) is 0 Å². The smallest absolute Gasteiger partial charge is 0.302 e. The molecule has 96 valence electrons. The summed E-state index contributed by atoms with van der Waals surface area (Å²) in [5, 5.41) is 0. The Labute approximate surface area is 105 Å². The second-order valence-electron chi connectivity index (χ2n) is 4.01. The third-order valence-corrected chi connectivity index (χ3v) is 2.70. The second-order valence-corrected chi connectivity index (χ2v) is 4.01. The first-order chi connectivity index (χ1) is 8.68. The van der Waals surface area contributed by atoms with Crippen LogP contribution in [0.1, 0.15) is 12.5 Å². The molecule has 0 aliphatic carbocycles. The Bertz CT molecular complexity index is 458. The molecule has 0 bridgehead atoms. The number of nitrogens with zero attached hydrogens (tertiary/aromatic N) is 1. The van der Waals surface area contributed by atoms with E-state index >= 15 is 0 Å². The van der Waals surface area contributed by atoms with Gasteiger partial charge in [0.15, 0.2) is 0 Å². The molecule has 5 nitrogen and oxygen atoms in total. The topological polar surface area (TPSA) is 55.8 Å². The number of benzene rings is 1. The van der Waals surface area contributed by atoms with Crippen molar-refractivity contribution in [1.29, 1.82) is 0 Å². The summed E-state index contributed by atoms with van der Waals surface area (Å²) >= 11 is 0. The van der Waals surface area contributed by atoms with Crippen LogP contribution in [0, 0.1) is 0 Å². The van der Waals surface area contributed by atoms with Crippen molar-refractivity contribution in [3.8, 4) is 0 Å². The second kappa shape index (κ2) is 5.64. The first-order valence-electron chi connectivity index (χ1n) is 5.78. The van der Waals surface area contributed by atoms with Gasteiger partial charge in [0.05, 0.1) is 12.3 Å². The van der Waals surface area contributed by atoms with Crippen LogP contribution in [0.5, 0.6) is 0 Å². The summed E-state index contributed by atoms with van der Waals surface area (Å²) in [6.45, 7) is 2.68. The largest absolute Gasteiger partial charge is 0.461 e. The molecule has 1 amide bonds. The number of carbonyl (C=O) groups is 2.